The van der Waals surface area contributed by atoms with Crippen LogP contribution in [0, 0.1) is 0 Å². The van der Waals surface area contributed by atoms with Gasteiger partial charge in [0, 0.05) is 26.5 Å². The molecule has 266 valence electrons. The van der Waals surface area contributed by atoms with Crippen molar-refractivity contribution in [2.75, 3.05) is 0 Å². The predicted molar refractivity (Wildman–Crippen MR) is 235 cm³/mol. The van der Waals surface area contributed by atoms with E-state index >= 15 is 0 Å². The first-order valence-corrected chi connectivity index (χ1v) is 20.4. The summed E-state index contributed by atoms with van der Waals surface area (Å²) in [4.78, 5) is 13.1. The van der Waals surface area contributed by atoms with Crippen LogP contribution in [0.3, 0.4) is 0 Å². The number of rotatable bonds is 4. The van der Waals surface area contributed by atoms with Gasteiger partial charge in [-0.3, -0.25) is 0 Å². The van der Waals surface area contributed by atoms with E-state index in [1.54, 1.807) is 0 Å². The van der Waals surface area contributed by atoms with Gasteiger partial charge in [-0.1, -0.05) is 163 Å². The van der Waals surface area contributed by atoms with Gasteiger partial charge in [0.05, 0.1) is 16.8 Å². The second-order valence-corrected chi connectivity index (χ2v) is 16.3. The van der Waals surface area contributed by atoms with Crippen molar-refractivity contribution in [1.82, 2.24) is 9.97 Å². The van der Waals surface area contributed by atoms with E-state index in [0.717, 1.165) is 45.9 Å². The van der Waals surface area contributed by atoms with Crippen molar-refractivity contribution in [3.05, 3.63) is 221 Å². The molecule has 2 nitrogen and oxygen atoms in total. The lowest BCUT2D eigenvalue weighted by atomic mass is 9.67. The first kappa shape index (κ1) is 32.4. The Morgan fingerprint density at radius 2 is 1.09 bits per heavy atom. The fourth-order valence-corrected chi connectivity index (χ4v) is 10.8. The maximum atomic E-state index is 5.24. The topological polar surface area (TPSA) is 25.8 Å². The normalized spacial score (nSPS) is 13.9. The second kappa shape index (κ2) is 12.6. The molecule has 12 rings (SSSR count). The monoisotopic (exact) mass is 742 g/mol. The molecule has 0 unspecified atom stereocenters. The lowest BCUT2D eigenvalue weighted by molar-refractivity contribution is 0.723. The molecule has 1 spiro atoms. The zero-order chi connectivity index (χ0) is 37.5. The Hall–Kier alpha value is -6.81. The van der Waals surface area contributed by atoms with Gasteiger partial charge in [-0.15, -0.1) is 0 Å². The average Bonchev–Trinajstić information content (AvgIpc) is 3.57. The largest absolute Gasteiger partial charge is 0.228 e. The standard InChI is InChI=1S/C54H34N2S/c1-2-13-35(14-3-1)53-55-48(33-49(56-53)41-30-39-19-10-15-34-16-11-20-40(31-41)52(34)39)38-18-12-17-36(29-38)37-27-28-51-47(32-37)54(46-25-8-9-26-50(46)57-51)44-23-6-4-21-42(44)43-22-5-7-24-45(43)54/h1-15,17-33H,16H2. The molecule has 0 atom stereocenters. The molecule has 0 saturated carbocycles. The van der Waals surface area contributed by atoms with E-state index in [0.29, 0.717) is 0 Å². The van der Waals surface area contributed by atoms with Gasteiger partial charge in [-0.05, 0) is 115 Å². The summed E-state index contributed by atoms with van der Waals surface area (Å²) in [7, 11) is 0. The molecule has 0 bridgehead atoms. The molecule has 57 heavy (non-hydrogen) atoms. The molecule has 2 aliphatic carbocycles. The van der Waals surface area contributed by atoms with Crippen molar-refractivity contribution in [2.24, 2.45) is 0 Å². The van der Waals surface area contributed by atoms with E-state index < -0.39 is 5.41 Å². The van der Waals surface area contributed by atoms with Crippen molar-refractivity contribution < 1.29 is 0 Å². The number of nitrogens with zero attached hydrogens (tertiary/aromatic N) is 2. The Kier molecular flexibility index (Phi) is 7.17. The smallest absolute Gasteiger partial charge is 0.160 e. The van der Waals surface area contributed by atoms with E-state index in [1.165, 1.54) is 70.6 Å². The van der Waals surface area contributed by atoms with E-state index in [-0.39, 0.29) is 0 Å². The number of hydrogen-bond donors (Lipinski definition) is 0. The maximum absolute atomic E-state index is 5.24. The third-order valence-corrected chi connectivity index (χ3v) is 13.3. The predicted octanol–water partition coefficient (Wildman–Crippen LogP) is 13.7. The number of benzene rings is 8. The van der Waals surface area contributed by atoms with Gasteiger partial charge in [0.15, 0.2) is 5.82 Å². The highest BCUT2D eigenvalue weighted by Gasteiger charge is 2.50. The summed E-state index contributed by atoms with van der Waals surface area (Å²) in [6.45, 7) is 0. The average molecular weight is 743 g/mol. The minimum absolute atomic E-state index is 0.417. The molecule has 0 amide bonds. The molecule has 1 aromatic heterocycles. The van der Waals surface area contributed by atoms with E-state index in [1.807, 2.05) is 17.8 Å². The van der Waals surface area contributed by atoms with Gasteiger partial charge in [0.25, 0.3) is 0 Å². The summed E-state index contributed by atoms with van der Waals surface area (Å²) in [5, 5.41) is 2.58. The summed E-state index contributed by atoms with van der Waals surface area (Å²) >= 11 is 1.88. The first-order chi connectivity index (χ1) is 28.2. The quantitative estimate of drug-likeness (QED) is 0.180. The number of hydrogen-bond acceptors (Lipinski definition) is 3. The van der Waals surface area contributed by atoms with Crippen LogP contribution in [0.1, 0.15) is 33.4 Å². The van der Waals surface area contributed by atoms with Crippen molar-refractivity contribution in [3.8, 4) is 56.2 Å². The molecule has 0 N–H and O–H groups in total. The molecule has 2 heterocycles. The minimum Gasteiger partial charge on any atom is -0.228 e. The van der Waals surface area contributed by atoms with E-state index in [4.69, 9.17) is 9.97 Å². The Balaban J connectivity index is 1.03. The van der Waals surface area contributed by atoms with Crippen LogP contribution >= 0.6 is 11.8 Å². The highest BCUT2D eigenvalue weighted by atomic mass is 32.2. The van der Waals surface area contributed by atoms with Crippen LogP contribution in [-0.2, 0) is 11.8 Å². The zero-order valence-electron chi connectivity index (χ0n) is 31.0. The third kappa shape index (κ3) is 4.92. The maximum Gasteiger partial charge on any atom is 0.160 e. The summed E-state index contributed by atoms with van der Waals surface area (Å²) in [5.74, 6) is 0.719. The van der Waals surface area contributed by atoms with Crippen molar-refractivity contribution in [1.29, 1.82) is 0 Å². The van der Waals surface area contributed by atoms with Crippen LogP contribution in [0.4, 0.5) is 0 Å². The summed E-state index contributed by atoms with van der Waals surface area (Å²) < 4.78 is 0. The first-order valence-electron chi connectivity index (χ1n) is 19.6. The van der Waals surface area contributed by atoms with Crippen LogP contribution in [0.15, 0.2) is 198 Å². The Bertz CT molecular complexity index is 3100. The Labute approximate surface area is 336 Å². The molecule has 3 heteroatoms. The van der Waals surface area contributed by atoms with E-state index in [2.05, 4.69) is 188 Å². The molecule has 0 saturated heterocycles. The molecular formula is C54H34N2S. The van der Waals surface area contributed by atoms with Gasteiger partial charge in [-0.25, -0.2) is 9.97 Å². The molecular weight excluding hydrogens is 709 g/mol. The van der Waals surface area contributed by atoms with Gasteiger partial charge >= 0.3 is 0 Å². The SMILES string of the molecule is C1=Cc2cc(-c3cc(-c4cccc(-c5ccc6c(c5)C5(c7ccccc7S6)c6ccccc6-c6ccccc65)c4)nc(-c4ccccc4)n3)cc3cccc(c23)C1. The lowest BCUT2D eigenvalue weighted by Gasteiger charge is -2.40. The number of aromatic nitrogens is 2. The summed E-state index contributed by atoms with van der Waals surface area (Å²) in [6, 6.07) is 66.7. The van der Waals surface area contributed by atoms with Crippen LogP contribution in [0.5, 0.6) is 0 Å². The van der Waals surface area contributed by atoms with Crippen LogP contribution < -0.4 is 0 Å². The van der Waals surface area contributed by atoms with Crippen LogP contribution in [0.2, 0.25) is 0 Å². The Morgan fingerprint density at radius 1 is 0.439 bits per heavy atom. The molecule has 8 aromatic carbocycles. The van der Waals surface area contributed by atoms with Gasteiger partial charge in [0.2, 0.25) is 0 Å². The van der Waals surface area contributed by atoms with Crippen molar-refractivity contribution in [3.63, 3.8) is 0 Å². The van der Waals surface area contributed by atoms with Gasteiger partial charge in [0.1, 0.15) is 0 Å². The second-order valence-electron chi connectivity index (χ2n) is 15.2. The highest BCUT2D eigenvalue weighted by Crippen LogP contribution is 2.62. The van der Waals surface area contributed by atoms with Crippen molar-refractivity contribution in [2.45, 2.75) is 21.6 Å². The molecule has 9 aromatic rings. The van der Waals surface area contributed by atoms with Crippen LogP contribution in [0.25, 0.3) is 73.0 Å². The minimum atomic E-state index is -0.417. The molecule has 3 aliphatic rings. The lowest BCUT2D eigenvalue weighted by Crippen LogP contribution is -2.32. The van der Waals surface area contributed by atoms with Gasteiger partial charge < -0.3 is 0 Å². The number of fused-ring (bicyclic) bond motifs is 9. The molecule has 0 radical (unpaired) electrons. The van der Waals surface area contributed by atoms with E-state index in [9.17, 15) is 0 Å². The van der Waals surface area contributed by atoms with Crippen LogP contribution in [-0.4, -0.2) is 9.97 Å². The third-order valence-electron chi connectivity index (χ3n) is 12.1. The fourth-order valence-electron chi connectivity index (χ4n) is 9.66. The zero-order valence-corrected chi connectivity index (χ0v) is 31.8. The summed E-state index contributed by atoms with van der Waals surface area (Å²) in [5.41, 5.74) is 17.5. The highest BCUT2D eigenvalue weighted by molar-refractivity contribution is 7.99. The van der Waals surface area contributed by atoms with Crippen molar-refractivity contribution >= 4 is 28.6 Å². The fraction of sp³-hybridized carbons (Fsp3) is 0.0370. The number of allylic oxidation sites excluding steroid dienone is 1. The molecule has 1 aliphatic heterocycles. The molecule has 0 fully saturated rings. The summed E-state index contributed by atoms with van der Waals surface area (Å²) in [6.07, 6.45) is 5.48. The van der Waals surface area contributed by atoms with Gasteiger partial charge in [-0.2, -0.15) is 0 Å². The Morgan fingerprint density at radius 3 is 1.91 bits per heavy atom.